The second-order valence-corrected chi connectivity index (χ2v) is 11.8. The van der Waals surface area contributed by atoms with Crippen molar-refractivity contribution < 1.29 is 8.78 Å². The number of nitrogens with one attached hydrogen (secondary N) is 1. The summed E-state index contributed by atoms with van der Waals surface area (Å²) < 4.78 is 31.2. The Bertz CT molecular complexity index is 1100. The van der Waals surface area contributed by atoms with Gasteiger partial charge >= 0.3 is 0 Å². The first-order valence-corrected chi connectivity index (χ1v) is 12.1. The number of halogens is 4. The summed E-state index contributed by atoms with van der Waals surface area (Å²) in [6.45, 7) is 16.6. The highest BCUT2D eigenvalue weighted by molar-refractivity contribution is 14.1. The van der Waals surface area contributed by atoms with E-state index in [1.807, 2.05) is 36.4 Å². The van der Waals surface area contributed by atoms with Gasteiger partial charge in [0.1, 0.15) is 28.9 Å². The number of anilines is 1. The lowest BCUT2D eigenvalue weighted by atomic mass is 9.88. The van der Waals surface area contributed by atoms with Crippen LogP contribution in [0.15, 0.2) is 18.5 Å². The smallest absolute Gasteiger partial charge is 0.255 e. The van der Waals surface area contributed by atoms with Crippen LogP contribution in [0.1, 0.15) is 55.4 Å². The third-order valence-corrected chi connectivity index (χ3v) is 6.55. The Morgan fingerprint density at radius 3 is 2.00 bits per heavy atom. The van der Waals surface area contributed by atoms with Crippen molar-refractivity contribution in [3.05, 3.63) is 38.8 Å². The van der Waals surface area contributed by atoms with E-state index in [4.69, 9.17) is 17.3 Å². The Balaban J connectivity index is 0.000000479. The number of benzene rings is 1. The van der Waals surface area contributed by atoms with Gasteiger partial charge in [0, 0.05) is 15.7 Å². The maximum absolute atomic E-state index is 14.7. The first-order chi connectivity index (χ1) is 15.0. The molecule has 182 valence electrons. The number of fused-ring (bicyclic) bond motifs is 1. The normalized spacial score (nSPS) is 14.0. The van der Waals surface area contributed by atoms with Crippen molar-refractivity contribution in [1.82, 2.24) is 19.6 Å². The van der Waals surface area contributed by atoms with Crippen LogP contribution < -0.4 is 11.1 Å². The number of hydrogen-bond donors (Lipinski definition) is 2. The molecule has 3 aromatic rings. The second kappa shape index (κ2) is 10.4. The van der Waals surface area contributed by atoms with Crippen molar-refractivity contribution in [1.29, 1.82) is 0 Å². The van der Waals surface area contributed by atoms with Crippen LogP contribution in [-0.4, -0.2) is 31.7 Å². The lowest BCUT2D eigenvalue weighted by Gasteiger charge is -2.30. The molecule has 0 amide bonds. The molecule has 0 radical (unpaired) electrons. The van der Waals surface area contributed by atoms with E-state index in [1.54, 1.807) is 0 Å². The van der Waals surface area contributed by atoms with E-state index in [9.17, 15) is 8.78 Å². The number of hydrogen-bond acceptors (Lipinski definition) is 5. The average molecular weight is 593 g/mol. The number of aromatic nitrogens is 4. The minimum Gasteiger partial charge on any atom is -0.366 e. The summed E-state index contributed by atoms with van der Waals surface area (Å²) in [6.07, 6.45) is 1.32. The first kappa shape index (κ1) is 27.7. The van der Waals surface area contributed by atoms with Crippen LogP contribution in [0.3, 0.4) is 0 Å². The van der Waals surface area contributed by atoms with E-state index in [2.05, 4.69) is 61.9 Å². The van der Waals surface area contributed by atoms with Gasteiger partial charge in [-0.05, 0) is 59.4 Å². The molecule has 0 aliphatic carbocycles. The van der Waals surface area contributed by atoms with Crippen molar-refractivity contribution in [2.24, 2.45) is 16.6 Å². The lowest BCUT2D eigenvalue weighted by Crippen LogP contribution is -2.32. The summed E-state index contributed by atoms with van der Waals surface area (Å²) in [5.74, 6) is -0.847. The van der Waals surface area contributed by atoms with E-state index in [0.717, 1.165) is 0 Å². The molecule has 0 spiro atoms. The Labute approximate surface area is 212 Å². The van der Waals surface area contributed by atoms with Gasteiger partial charge in [-0.1, -0.05) is 53.1 Å². The predicted molar refractivity (Wildman–Crippen MR) is 140 cm³/mol. The molecule has 33 heavy (non-hydrogen) atoms. The van der Waals surface area contributed by atoms with Crippen molar-refractivity contribution in [2.45, 2.75) is 67.5 Å². The van der Waals surface area contributed by atoms with E-state index < -0.39 is 11.6 Å². The molecule has 0 aliphatic heterocycles. The summed E-state index contributed by atoms with van der Waals surface area (Å²) >= 11 is 8.17. The topological polar surface area (TPSA) is 81.1 Å². The fraction of sp³-hybridized carbons (Fsp3) is 0.522. The molecule has 0 fully saturated rings. The van der Waals surface area contributed by atoms with Crippen molar-refractivity contribution in [3.8, 4) is 11.1 Å². The maximum Gasteiger partial charge on any atom is 0.255 e. The molecule has 0 saturated carbocycles. The average Bonchev–Trinajstić information content (AvgIpc) is 3.10. The molecule has 0 aliphatic rings. The van der Waals surface area contributed by atoms with Gasteiger partial charge in [-0.25, -0.2) is 8.78 Å². The van der Waals surface area contributed by atoms with Crippen LogP contribution in [0.2, 0.25) is 5.15 Å². The predicted octanol–water partition coefficient (Wildman–Crippen LogP) is 6.55. The second-order valence-electron chi connectivity index (χ2n) is 10.2. The molecule has 1 aromatic carbocycles. The van der Waals surface area contributed by atoms with Crippen LogP contribution in [0.5, 0.6) is 0 Å². The summed E-state index contributed by atoms with van der Waals surface area (Å²) in [5.41, 5.74) is 5.60. The highest BCUT2D eigenvalue weighted by atomic mass is 127. The molecule has 10 heteroatoms. The van der Waals surface area contributed by atoms with Crippen LogP contribution in [0, 0.1) is 26.0 Å². The molecule has 2 atom stereocenters. The van der Waals surface area contributed by atoms with Gasteiger partial charge in [0.05, 0.1) is 11.1 Å². The molecule has 2 unspecified atom stereocenters. The molecule has 2 heterocycles. The van der Waals surface area contributed by atoms with Crippen molar-refractivity contribution in [2.75, 3.05) is 5.32 Å². The summed E-state index contributed by atoms with van der Waals surface area (Å²) in [4.78, 5) is 8.16. The fourth-order valence-electron chi connectivity index (χ4n) is 2.37. The van der Waals surface area contributed by atoms with Crippen molar-refractivity contribution in [3.63, 3.8) is 0 Å². The number of rotatable bonds is 3. The molecule has 0 bridgehead atoms. The minimum absolute atomic E-state index is 0.0480. The van der Waals surface area contributed by atoms with Crippen LogP contribution in [0.25, 0.3) is 16.9 Å². The molecule has 6 nitrogen and oxygen atoms in total. The molecular formula is C23H32ClF2IN6. The largest absolute Gasteiger partial charge is 0.366 e. The van der Waals surface area contributed by atoms with Gasteiger partial charge in [-0.2, -0.15) is 19.6 Å². The number of nitrogens with zero attached hydrogens (tertiary/aromatic N) is 4. The van der Waals surface area contributed by atoms with Gasteiger partial charge < -0.3 is 11.1 Å². The van der Waals surface area contributed by atoms with E-state index in [-0.39, 0.29) is 38.9 Å². The van der Waals surface area contributed by atoms with Crippen LogP contribution in [0.4, 0.5) is 14.6 Å². The Kier molecular flexibility index (Phi) is 8.67. The molecule has 3 N–H and O–H groups in total. The summed E-state index contributed by atoms with van der Waals surface area (Å²) in [7, 11) is 0. The van der Waals surface area contributed by atoms with E-state index >= 15 is 0 Å². The third-order valence-electron chi connectivity index (χ3n) is 5.66. The monoisotopic (exact) mass is 592 g/mol. The minimum atomic E-state index is -0.718. The van der Waals surface area contributed by atoms with Crippen molar-refractivity contribution >= 4 is 45.8 Å². The van der Waals surface area contributed by atoms with Gasteiger partial charge in [-0.15, -0.1) is 0 Å². The zero-order chi connectivity index (χ0) is 25.3. The summed E-state index contributed by atoms with van der Waals surface area (Å²) in [6, 6.07) is 2.74. The van der Waals surface area contributed by atoms with Gasteiger partial charge in [0.15, 0.2) is 0 Å². The lowest BCUT2D eigenvalue weighted by molar-refractivity contribution is 0.340. The van der Waals surface area contributed by atoms with E-state index in [0.29, 0.717) is 15.4 Å². The van der Waals surface area contributed by atoms with Gasteiger partial charge in [-0.3, -0.25) is 0 Å². The number of nitrogens with two attached hydrogens (primary N) is 1. The Hall–Kier alpha value is -1.59. The first-order valence-electron chi connectivity index (χ1n) is 10.6. The SMILES string of the molecule is CC(N)C(C)(C)C.CC(Nc1c(-c2c(F)cc(I)cc2F)c(Cl)nc2ncnn12)C(C)(C)C. The van der Waals surface area contributed by atoms with E-state index in [1.165, 1.54) is 23.0 Å². The fourth-order valence-corrected chi connectivity index (χ4v) is 3.18. The van der Waals surface area contributed by atoms with Gasteiger partial charge in [0.25, 0.3) is 5.78 Å². The molecular weight excluding hydrogens is 561 g/mol. The van der Waals surface area contributed by atoms with Gasteiger partial charge in [0.2, 0.25) is 0 Å². The zero-order valence-electron chi connectivity index (χ0n) is 20.3. The quantitative estimate of drug-likeness (QED) is 0.266. The maximum atomic E-state index is 14.7. The Morgan fingerprint density at radius 1 is 1.03 bits per heavy atom. The highest BCUT2D eigenvalue weighted by Gasteiger charge is 2.27. The molecule has 2 aromatic heterocycles. The zero-order valence-corrected chi connectivity index (χ0v) is 23.2. The third kappa shape index (κ3) is 6.73. The highest BCUT2D eigenvalue weighted by Crippen LogP contribution is 2.39. The molecule has 0 saturated heterocycles. The Morgan fingerprint density at radius 2 is 1.55 bits per heavy atom. The molecule has 3 rings (SSSR count). The van der Waals surface area contributed by atoms with Crippen LogP contribution >= 0.6 is 34.2 Å². The summed E-state index contributed by atoms with van der Waals surface area (Å²) in [5, 5.41) is 7.37. The van der Waals surface area contributed by atoms with Crippen LogP contribution in [-0.2, 0) is 0 Å². The standard InChI is InChI=1S/C17H17ClF2IN5.C6H15N/c1-8(17(2,3)4)24-15-13(12-10(19)5-9(21)6-11(12)20)14(18)25-16-22-7-23-26(15)16;1-5(7)6(2,3)4/h5-8,24H,1-4H3;5H,7H2,1-4H3.